The molecule has 0 bridgehead atoms. The Balaban J connectivity index is 1.47. The van der Waals surface area contributed by atoms with Crippen molar-refractivity contribution < 1.29 is 9.53 Å². The van der Waals surface area contributed by atoms with Crippen LogP contribution >= 0.6 is 11.3 Å². The first kappa shape index (κ1) is 18.2. The van der Waals surface area contributed by atoms with Crippen LogP contribution in [-0.2, 0) is 20.0 Å². The number of aryl methyl sites for hydroxylation is 1. The second kappa shape index (κ2) is 7.43. The zero-order valence-electron chi connectivity index (χ0n) is 15.5. The van der Waals surface area contributed by atoms with Crippen LogP contribution in [0, 0.1) is 0 Å². The number of ether oxygens (including phenoxy) is 1. The topological polar surface area (TPSA) is 89.3 Å². The third-order valence-electron chi connectivity index (χ3n) is 4.67. The third-order valence-corrected chi connectivity index (χ3v) is 5.43. The number of fused-ring (bicyclic) bond motifs is 1. The summed E-state index contributed by atoms with van der Waals surface area (Å²) in [5, 5.41) is 9.63. The minimum Gasteiger partial charge on any atom is -0.497 e. The van der Waals surface area contributed by atoms with Gasteiger partial charge in [-0.15, -0.1) is 11.3 Å². The Morgan fingerprint density at radius 2 is 2.07 bits per heavy atom. The maximum atomic E-state index is 12.8. The number of carbonyl (C=O) groups excluding carboxylic acids is 1. The normalized spacial score (nSPS) is 13.1. The van der Waals surface area contributed by atoms with E-state index in [-0.39, 0.29) is 11.5 Å². The Morgan fingerprint density at radius 3 is 2.82 bits per heavy atom. The molecule has 8 nitrogen and oxygen atoms in total. The van der Waals surface area contributed by atoms with Crippen LogP contribution in [0.2, 0.25) is 0 Å². The van der Waals surface area contributed by atoms with Crippen LogP contribution in [0.25, 0.3) is 0 Å². The van der Waals surface area contributed by atoms with Crippen LogP contribution in [0.15, 0.2) is 40.6 Å². The van der Waals surface area contributed by atoms with E-state index in [0.717, 1.165) is 22.6 Å². The molecular weight excluding hydrogens is 378 g/mol. The summed E-state index contributed by atoms with van der Waals surface area (Å²) in [7, 11) is 3.25. The lowest BCUT2D eigenvalue weighted by Crippen LogP contribution is -2.39. The van der Waals surface area contributed by atoms with Crippen molar-refractivity contribution in [1.82, 2.24) is 19.7 Å². The van der Waals surface area contributed by atoms with Gasteiger partial charge in [-0.1, -0.05) is 0 Å². The van der Waals surface area contributed by atoms with Crippen molar-refractivity contribution in [2.75, 3.05) is 19.0 Å². The first-order valence-electron chi connectivity index (χ1n) is 8.75. The predicted octanol–water partition coefficient (Wildman–Crippen LogP) is 2.19. The summed E-state index contributed by atoms with van der Waals surface area (Å²) in [5.41, 5.74) is 2.70. The predicted molar refractivity (Wildman–Crippen MR) is 106 cm³/mol. The molecule has 0 unspecified atom stereocenters. The molecule has 0 radical (unpaired) electrons. The van der Waals surface area contributed by atoms with Gasteiger partial charge in [0.2, 0.25) is 0 Å². The van der Waals surface area contributed by atoms with Crippen molar-refractivity contribution in [2.45, 2.75) is 13.0 Å². The van der Waals surface area contributed by atoms with E-state index in [1.807, 2.05) is 24.3 Å². The van der Waals surface area contributed by atoms with E-state index in [1.165, 1.54) is 16.0 Å². The van der Waals surface area contributed by atoms with Crippen molar-refractivity contribution in [3.8, 4) is 5.75 Å². The van der Waals surface area contributed by atoms with Crippen molar-refractivity contribution >= 4 is 28.1 Å². The summed E-state index contributed by atoms with van der Waals surface area (Å²) in [4.78, 5) is 31.1. The molecule has 0 atom stereocenters. The molecule has 144 valence electrons. The molecule has 1 aromatic carbocycles. The number of rotatable bonds is 4. The van der Waals surface area contributed by atoms with E-state index in [2.05, 4.69) is 15.4 Å². The lowest BCUT2D eigenvalue weighted by atomic mass is 10.0. The number of benzene rings is 1. The standard InChI is InChI=1S/C19H19N5O3S/c1-23-17(25)15-7-8-24(10-12(15)9-20-23)18(26)16-11-28-19(22-16)21-13-3-5-14(27-2)6-4-13/h3-6,9,11H,7-8,10H2,1-2H3,(H,21,22). The molecule has 0 spiro atoms. The lowest BCUT2D eigenvalue weighted by Gasteiger charge is -2.27. The Hall–Kier alpha value is -3.20. The molecule has 1 N–H and O–H groups in total. The van der Waals surface area contributed by atoms with Gasteiger partial charge >= 0.3 is 0 Å². The van der Waals surface area contributed by atoms with E-state index in [1.54, 1.807) is 30.6 Å². The average Bonchev–Trinajstić information content (AvgIpc) is 3.19. The number of hydrogen-bond donors (Lipinski definition) is 1. The number of anilines is 2. The molecule has 0 saturated carbocycles. The van der Waals surface area contributed by atoms with Gasteiger partial charge < -0.3 is 15.0 Å². The Kier molecular flexibility index (Phi) is 4.82. The summed E-state index contributed by atoms with van der Waals surface area (Å²) < 4.78 is 6.47. The van der Waals surface area contributed by atoms with Gasteiger partial charge in [-0.25, -0.2) is 9.67 Å². The highest BCUT2D eigenvalue weighted by molar-refractivity contribution is 7.14. The van der Waals surface area contributed by atoms with Crippen LogP contribution in [-0.4, -0.2) is 39.2 Å². The largest absolute Gasteiger partial charge is 0.497 e. The quantitative estimate of drug-likeness (QED) is 0.726. The van der Waals surface area contributed by atoms with Crippen molar-refractivity contribution in [3.05, 3.63) is 63.0 Å². The number of aromatic nitrogens is 3. The molecule has 9 heteroatoms. The van der Waals surface area contributed by atoms with Gasteiger partial charge in [0.1, 0.15) is 11.4 Å². The molecule has 1 amide bonds. The van der Waals surface area contributed by atoms with E-state index >= 15 is 0 Å². The summed E-state index contributed by atoms with van der Waals surface area (Å²) >= 11 is 1.37. The molecule has 2 aromatic heterocycles. The minimum absolute atomic E-state index is 0.0933. The minimum atomic E-state index is -0.148. The molecule has 3 aromatic rings. The van der Waals surface area contributed by atoms with E-state index in [0.29, 0.717) is 30.3 Å². The van der Waals surface area contributed by atoms with Crippen LogP contribution in [0.1, 0.15) is 21.6 Å². The van der Waals surface area contributed by atoms with Gasteiger partial charge in [-0.3, -0.25) is 9.59 Å². The smallest absolute Gasteiger partial charge is 0.273 e. The van der Waals surface area contributed by atoms with E-state index in [4.69, 9.17) is 4.74 Å². The highest BCUT2D eigenvalue weighted by atomic mass is 32.1. The van der Waals surface area contributed by atoms with Crippen molar-refractivity contribution in [1.29, 1.82) is 0 Å². The summed E-state index contributed by atoms with van der Waals surface area (Å²) in [5.74, 6) is 0.626. The number of amides is 1. The lowest BCUT2D eigenvalue weighted by molar-refractivity contribution is 0.0728. The van der Waals surface area contributed by atoms with E-state index < -0.39 is 0 Å². The molecule has 0 aliphatic carbocycles. The summed E-state index contributed by atoms with van der Waals surface area (Å²) in [6.07, 6.45) is 2.19. The highest BCUT2D eigenvalue weighted by Gasteiger charge is 2.25. The zero-order chi connectivity index (χ0) is 19.7. The van der Waals surface area contributed by atoms with Crippen LogP contribution in [0.4, 0.5) is 10.8 Å². The fourth-order valence-electron chi connectivity index (χ4n) is 3.12. The molecule has 3 heterocycles. The Morgan fingerprint density at radius 1 is 1.29 bits per heavy atom. The molecule has 0 fully saturated rings. The number of nitrogens with one attached hydrogen (secondary N) is 1. The maximum Gasteiger partial charge on any atom is 0.273 e. The van der Waals surface area contributed by atoms with Crippen LogP contribution in [0.5, 0.6) is 5.75 Å². The molecule has 4 rings (SSSR count). The van der Waals surface area contributed by atoms with Crippen molar-refractivity contribution in [2.24, 2.45) is 7.05 Å². The van der Waals surface area contributed by atoms with Gasteiger partial charge in [0, 0.05) is 42.3 Å². The van der Waals surface area contributed by atoms with Gasteiger partial charge in [0.25, 0.3) is 11.5 Å². The first-order chi connectivity index (χ1) is 13.5. The molecule has 0 saturated heterocycles. The fraction of sp³-hybridized carbons (Fsp3) is 0.263. The summed E-state index contributed by atoms with van der Waals surface area (Å²) in [6.45, 7) is 0.861. The van der Waals surface area contributed by atoms with Gasteiger partial charge in [-0.2, -0.15) is 5.10 Å². The van der Waals surface area contributed by atoms with Gasteiger partial charge in [-0.05, 0) is 30.7 Å². The second-order valence-corrected chi connectivity index (χ2v) is 7.30. The monoisotopic (exact) mass is 397 g/mol. The number of thiazole rings is 1. The second-order valence-electron chi connectivity index (χ2n) is 6.45. The number of nitrogens with zero attached hydrogens (tertiary/aromatic N) is 4. The fourth-order valence-corrected chi connectivity index (χ4v) is 3.82. The van der Waals surface area contributed by atoms with Gasteiger partial charge in [0.15, 0.2) is 5.13 Å². The number of methoxy groups -OCH3 is 1. The highest BCUT2D eigenvalue weighted by Crippen LogP contribution is 2.24. The zero-order valence-corrected chi connectivity index (χ0v) is 16.3. The van der Waals surface area contributed by atoms with Crippen LogP contribution in [0.3, 0.4) is 0 Å². The molecule has 1 aliphatic heterocycles. The molecule has 1 aliphatic rings. The average molecular weight is 397 g/mol. The third kappa shape index (κ3) is 3.48. The van der Waals surface area contributed by atoms with Crippen molar-refractivity contribution in [3.63, 3.8) is 0 Å². The molecular formula is C19H19N5O3S. The first-order valence-corrected chi connectivity index (χ1v) is 9.63. The molecule has 28 heavy (non-hydrogen) atoms. The Labute approximate surface area is 165 Å². The van der Waals surface area contributed by atoms with E-state index in [9.17, 15) is 9.59 Å². The van der Waals surface area contributed by atoms with Gasteiger partial charge in [0.05, 0.1) is 13.3 Å². The van der Waals surface area contributed by atoms with Crippen LogP contribution < -0.4 is 15.6 Å². The SMILES string of the molecule is COc1ccc(Nc2nc(C(=O)N3CCc4c(cnn(C)c4=O)C3)cs2)cc1. The number of carbonyl (C=O) groups is 1. The number of hydrogen-bond acceptors (Lipinski definition) is 7. The maximum absolute atomic E-state index is 12.8. The Bertz CT molecular complexity index is 1070. The summed E-state index contributed by atoms with van der Waals surface area (Å²) in [6, 6.07) is 7.48.